The molecule has 0 atom stereocenters. The van der Waals surface area contributed by atoms with E-state index in [4.69, 9.17) is 0 Å². The van der Waals surface area contributed by atoms with Crippen molar-refractivity contribution in [1.29, 1.82) is 0 Å². The average Bonchev–Trinajstić information content (AvgIpc) is 2.49. The van der Waals surface area contributed by atoms with E-state index in [9.17, 15) is 0 Å². The molecule has 0 N–H and O–H groups in total. The molecular formula is C16H32N2Sn. The number of nitrogens with zero attached hydrogens (tertiary/aromatic N) is 2. The van der Waals surface area contributed by atoms with Crippen molar-refractivity contribution in [2.75, 3.05) is 0 Å². The van der Waals surface area contributed by atoms with Crippen molar-refractivity contribution in [3.05, 3.63) is 24.8 Å². The SMILES string of the molecule is CCC[CH2][SnH]([CH2]CCC)[CH2]CCC.c1cnccn1. The Bertz CT molecular complexity index is 208. The minimum atomic E-state index is -0.967. The molecule has 0 aromatic carbocycles. The second-order valence-corrected chi connectivity index (χ2v) is 15.1. The minimum Gasteiger partial charge on any atom is -0.262 e. The summed E-state index contributed by atoms with van der Waals surface area (Å²) in [5, 5.41) is 0. The first-order valence-corrected chi connectivity index (χ1v) is 15.0. The molecule has 1 aromatic rings. The third-order valence-corrected chi connectivity index (χ3v) is 13.9. The summed E-state index contributed by atoms with van der Waals surface area (Å²) in [4.78, 5) is 7.44. The van der Waals surface area contributed by atoms with E-state index in [0.29, 0.717) is 0 Å². The first-order valence-electron chi connectivity index (χ1n) is 8.05. The molecule has 0 aliphatic rings. The Morgan fingerprint density at radius 3 is 1.16 bits per heavy atom. The van der Waals surface area contributed by atoms with Gasteiger partial charge in [-0.25, -0.2) is 0 Å². The molecule has 1 rings (SSSR count). The van der Waals surface area contributed by atoms with Crippen LogP contribution in [0.3, 0.4) is 0 Å². The maximum Gasteiger partial charge on any atom is 0.0451 e. The van der Waals surface area contributed by atoms with E-state index in [2.05, 4.69) is 30.7 Å². The van der Waals surface area contributed by atoms with E-state index >= 15 is 0 Å². The third kappa shape index (κ3) is 14.1. The van der Waals surface area contributed by atoms with E-state index in [1.165, 1.54) is 38.5 Å². The van der Waals surface area contributed by atoms with Crippen molar-refractivity contribution in [3.63, 3.8) is 0 Å². The Kier molecular flexibility index (Phi) is 15.8. The fourth-order valence-corrected chi connectivity index (χ4v) is 13.1. The van der Waals surface area contributed by atoms with Crippen LogP contribution in [0.5, 0.6) is 0 Å². The second-order valence-electron chi connectivity index (χ2n) is 5.19. The molecular weight excluding hydrogens is 339 g/mol. The molecule has 0 spiro atoms. The van der Waals surface area contributed by atoms with Gasteiger partial charge in [0.05, 0.1) is 0 Å². The van der Waals surface area contributed by atoms with Gasteiger partial charge in [-0.3, -0.25) is 9.97 Å². The Hall–Kier alpha value is -0.121. The fraction of sp³-hybridized carbons (Fsp3) is 0.750. The van der Waals surface area contributed by atoms with E-state index in [0.717, 1.165) is 0 Å². The van der Waals surface area contributed by atoms with Crippen molar-refractivity contribution in [2.24, 2.45) is 0 Å². The van der Waals surface area contributed by atoms with Crippen LogP contribution in [0, 0.1) is 0 Å². The van der Waals surface area contributed by atoms with Gasteiger partial charge in [0, 0.05) is 24.8 Å². The molecule has 0 aliphatic carbocycles. The zero-order valence-electron chi connectivity index (χ0n) is 13.1. The smallest absolute Gasteiger partial charge is 0.0451 e. The predicted molar refractivity (Wildman–Crippen MR) is 88.3 cm³/mol. The Balaban J connectivity index is 0.000000443. The van der Waals surface area contributed by atoms with Crippen molar-refractivity contribution in [2.45, 2.75) is 72.6 Å². The third-order valence-electron chi connectivity index (χ3n) is 3.38. The Labute approximate surface area is 127 Å². The molecule has 0 unspecified atom stereocenters. The maximum atomic E-state index is 3.72. The van der Waals surface area contributed by atoms with E-state index in [1.807, 2.05) is 0 Å². The van der Waals surface area contributed by atoms with Gasteiger partial charge in [0.1, 0.15) is 0 Å². The second kappa shape index (κ2) is 15.9. The van der Waals surface area contributed by atoms with Crippen LogP contribution in [0.25, 0.3) is 0 Å². The van der Waals surface area contributed by atoms with Gasteiger partial charge in [-0.05, 0) is 0 Å². The van der Waals surface area contributed by atoms with Crippen LogP contribution in [0.15, 0.2) is 24.8 Å². The molecule has 3 heteroatoms. The molecule has 19 heavy (non-hydrogen) atoms. The first kappa shape index (κ1) is 18.9. The molecule has 0 saturated carbocycles. The van der Waals surface area contributed by atoms with Crippen molar-refractivity contribution >= 4 is 19.8 Å². The van der Waals surface area contributed by atoms with Crippen molar-refractivity contribution in [3.8, 4) is 0 Å². The van der Waals surface area contributed by atoms with Crippen LogP contribution >= 0.6 is 0 Å². The maximum absolute atomic E-state index is 3.72. The first-order chi connectivity index (χ1) is 9.35. The van der Waals surface area contributed by atoms with Gasteiger partial charge in [0.15, 0.2) is 0 Å². The van der Waals surface area contributed by atoms with Crippen LogP contribution in [-0.2, 0) is 0 Å². The van der Waals surface area contributed by atoms with Gasteiger partial charge in [-0.1, -0.05) is 0 Å². The number of hydrogen-bond acceptors (Lipinski definition) is 2. The zero-order chi connectivity index (χ0) is 14.2. The summed E-state index contributed by atoms with van der Waals surface area (Å²) in [6.45, 7) is 7.01. The molecule has 1 aromatic heterocycles. The summed E-state index contributed by atoms with van der Waals surface area (Å²) in [7, 11) is 0. The van der Waals surface area contributed by atoms with Gasteiger partial charge < -0.3 is 0 Å². The Morgan fingerprint density at radius 2 is 0.947 bits per heavy atom. The molecule has 0 fully saturated rings. The van der Waals surface area contributed by atoms with E-state index in [-0.39, 0.29) is 0 Å². The number of rotatable bonds is 9. The van der Waals surface area contributed by atoms with Gasteiger partial charge in [-0.2, -0.15) is 0 Å². The molecule has 1 heterocycles. The van der Waals surface area contributed by atoms with Gasteiger partial charge in [0.2, 0.25) is 0 Å². The topological polar surface area (TPSA) is 25.8 Å². The molecule has 0 amide bonds. The van der Waals surface area contributed by atoms with Crippen LogP contribution in [0.1, 0.15) is 59.3 Å². The zero-order valence-corrected chi connectivity index (χ0v) is 16.4. The summed E-state index contributed by atoms with van der Waals surface area (Å²) >= 11 is -0.967. The number of aromatic nitrogens is 2. The molecule has 110 valence electrons. The standard InChI is InChI=1S/C4H4N2.3C4H9.Sn.H/c1-2-6-4-3-5-1;3*1-3-4-2;;/h1-4H;3*1,3-4H2,2H3;;. The molecule has 2 nitrogen and oxygen atoms in total. The van der Waals surface area contributed by atoms with Crippen LogP contribution in [-0.4, -0.2) is 29.7 Å². The van der Waals surface area contributed by atoms with Crippen LogP contribution < -0.4 is 0 Å². The number of unbranched alkanes of at least 4 members (excludes halogenated alkanes) is 3. The fourth-order valence-electron chi connectivity index (χ4n) is 2.16. The van der Waals surface area contributed by atoms with Crippen LogP contribution in [0.4, 0.5) is 0 Å². The molecule has 0 saturated heterocycles. The molecule has 0 aliphatic heterocycles. The minimum absolute atomic E-state index is 0.967. The normalized spacial score (nSPS) is 10.1. The van der Waals surface area contributed by atoms with E-state index < -0.39 is 19.8 Å². The number of hydrogen-bond donors (Lipinski definition) is 0. The molecule has 0 bridgehead atoms. The summed E-state index contributed by atoms with van der Waals surface area (Å²) in [6.07, 6.45) is 15.4. The van der Waals surface area contributed by atoms with E-state index in [1.54, 1.807) is 38.1 Å². The quantitative estimate of drug-likeness (QED) is 0.565. The van der Waals surface area contributed by atoms with Crippen molar-refractivity contribution < 1.29 is 0 Å². The monoisotopic (exact) mass is 372 g/mol. The summed E-state index contributed by atoms with van der Waals surface area (Å²) in [6, 6.07) is 0. The largest absolute Gasteiger partial charge is 0.262 e. The summed E-state index contributed by atoms with van der Waals surface area (Å²) < 4.78 is 5.08. The van der Waals surface area contributed by atoms with Crippen LogP contribution in [0.2, 0.25) is 13.3 Å². The predicted octanol–water partition coefficient (Wildman–Crippen LogP) is 5.09. The van der Waals surface area contributed by atoms with Gasteiger partial charge in [0.25, 0.3) is 0 Å². The summed E-state index contributed by atoms with van der Waals surface area (Å²) in [5.41, 5.74) is 0. The summed E-state index contributed by atoms with van der Waals surface area (Å²) in [5.74, 6) is 0. The Morgan fingerprint density at radius 1 is 0.632 bits per heavy atom. The van der Waals surface area contributed by atoms with Gasteiger partial charge in [-0.15, -0.1) is 0 Å². The average molecular weight is 371 g/mol. The van der Waals surface area contributed by atoms with Crippen molar-refractivity contribution in [1.82, 2.24) is 9.97 Å². The molecule has 0 radical (unpaired) electrons. The van der Waals surface area contributed by atoms with Gasteiger partial charge >= 0.3 is 92.4 Å².